The molecule has 0 unspecified atom stereocenters. The molecule has 0 heterocycles. The Labute approximate surface area is 151 Å². The molecular formula is C19H28N2O3S. The number of sulfonamides is 1. The van der Waals surface area contributed by atoms with Crippen molar-refractivity contribution in [1.29, 1.82) is 0 Å². The molecule has 0 radical (unpaired) electrons. The zero-order valence-electron chi connectivity index (χ0n) is 15.5. The summed E-state index contributed by atoms with van der Waals surface area (Å²) < 4.78 is 26.3. The second kappa shape index (κ2) is 9.53. The summed E-state index contributed by atoms with van der Waals surface area (Å²) in [6.07, 6.45) is 3.19. The van der Waals surface area contributed by atoms with E-state index in [0.29, 0.717) is 26.2 Å². The maximum atomic E-state index is 12.4. The van der Waals surface area contributed by atoms with Crippen LogP contribution >= 0.6 is 0 Å². The number of benzene rings is 1. The van der Waals surface area contributed by atoms with Crippen molar-refractivity contribution in [3.8, 4) is 0 Å². The van der Waals surface area contributed by atoms with Crippen LogP contribution in [0.5, 0.6) is 0 Å². The molecule has 1 aromatic rings. The van der Waals surface area contributed by atoms with Crippen LogP contribution in [0.25, 0.3) is 6.08 Å². The van der Waals surface area contributed by atoms with Gasteiger partial charge in [0, 0.05) is 32.3 Å². The maximum Gasteiger partial charge on any atom is 0.246 e. The Balaban J connectivity index is 2.90. The zero-order valence-corrected chi connectivity index (χ0v) is 16.3. The van der Waals surface area contributed by atoms with Crippen molar-refractivity contribution < 1.29 is 13.2 Å². The van der Waals surface area contributed by atoms with Crippen LogP contribution in [-0.4, -0.2) is 49.7 Å². The lowest BCUT2D eigenvalue weighted by Gasteiger charge is -2.19. The summed E-state index contributed by atoms with van der Waals surface area (Å²) >= 11 is 0. The lowest BCUT2D eigenvalue weighted by molar-refractivity contribution is -0.125. The monoisotopic (exact) mass is 364 g/mol. The normalized spacial score (nSPS) is 11.9. The molecule has 1 aromatic carbocycles. The molecule has 25 heavy (non-hydrogen) atoms. The average molecular weight is 365 g/mol. The Hall–Kier alpha value is -1.92. The Morgan fingerprint density at radius 2 is 1.64 bits per heavy atom. The van der Waals surface area contributed by atoms with Gasteiger partial charge >= 0.3 is 0 Å². The van der Waals surface area contributed by atoms with Crippen LogP contribution < -0.4 is 0 Å². The van der Waals surface area contributed by atoms with Gasteiger partial charge in [-0.3, -0.25) is 4.79 Å². The van der Waals surface area contributed by atoms with Gasteiger partial charge in [-0.2, -0.15) is 4.31 Å². The van der Waals surface area contributed by atoms with E-state index in [1.165, 1.54) is 10.4 Å². The first-order valence-electron chi connectivity index (χ1n) is 8.47. The second-order valence-electron chi connectivity index (χ2n) is 5.80. The van der Waals surface area contributed by atoms with Gasteiger partial charge in [0.15, 0.2) is 0 Å². The van der Waals surface area contributed by atoms with Crippen molar-refractivity contribution in [3.05, 3.63) is 48.1 Å². The van der Waals surface area contributed by atoms with Crippen LogP contribution in [0.4, 0.5) is 0 Å². The number of carbonyl (C=O) groups is 1. The quantitative estimate of drug-likeness (QED) is 0.500. The second-order valence-corrected chi connectivity index (χ2v) is 7.74. The summed E-state index contributed by atoms with van der Waals surface area (Å²) in [4.78, 5) is 14.1. The van der Waals surface area contributed by atoms with Gasteiger partial charge < -0.3 is 4.90 Å². The molecule has 1 amide bonds. The van der Waals surface area contributed by atoms with Gasteiger partial charge in [-0.15, -0.1) is 0 Å². The van der Waals surface area contributed by atoms with Crippen LogP contribution in [0.2, 0.25) is 0 Å². The Kier molecular flexibility index (Phi) is 8.06. The largest absolute Gasteiger partial charge is 0.335 e. The molecule has 0 aliphatic heterocycles. The molecule has 0 bridgehead atoms. The predicted molar refractivity (Wildman–Crippen MR) is 103 cm³/mol. The van der Waals surface area contributed by atoms with Gasteiger partial charge in [-0.1, -0.05) is 38.1 Å². The summed E-state index contributed by atoms with van der Waals surface area (Å²) in [6, 6.07) is 6.55. The smallest absolute Gasteiger partial charge is 0.246 e. The molecule has 6 heteroatoms. The highest BCUT2D eigenvalue weighted by atomic mass is 32.2. The van der Waals surface area contributed by atoms with Crippen LogP contribution in [0.15, 0.2) is 47.4 Å². The lowest BCUT2D eigenvalue weighted by atomic mass is 10.2. The van der Waals surface area contributed by atoms with Gasteiger partial charge in [0.25, 0.3) is 0 Å². The molecule has 0 saturated heterocycles. The summed E-state index contributed by atoms with van der Waals surface area (Å²) in [5.74, 6) is -0.0923. The number of nitrogens with zero attached hydrogens (tertiary/aromatic N) is 2. The lowest BCUT2D eigenvalue weighted by Crippen LogP contribution is -2.30. The maximum absolute atomic E-state index is 12.4. The van der Waals surface area contributed by atoms with E-state index in [9.17, 15) is 13.2 Å². The fourth-order valence-corrected chi connectivity index (χ4v) is 3.87. The molecule has 0 atom stereocenters. The molecule has 0 fully saturated rings. The van der Waals surface area contributed by atoms with Crippen molar-refractivity contribution in [1.82, 2.24) is 9.21 Å². The average Bonchev–Trinajstić information content (AvgIpc) is 2.58. The molecule has 1 rings (SSSR count). The Morgan fingerprint density at radius 3 is 2.08 bits per heavy atom. The standard InChI is InChI=1S/C19H28N2O3S/c1-6-20(15-16(4)5)19(22)14-11-17-9-12-18(13-10-17)25(23,24)21(7-2)8-3/h9-14H,4,6-8,15H2,1-3,5H3. The summed E-state index contributed by atoms with van der Waals surface area (Å²) in [5.41, 5.74) is 1.70. The van der Waals surface area contributed by atoms with E-state index >= 15 is 0 Å². The van der Waals surface area contributed by atoms with Gasteiger partial charge in [0.1, 0.15) is 0 Å². The number of rotatable bonds is 9. The zero-order chi connectivity index (χ0) is 19.0. The molecule has 0 aromatic heterocycles. The first kappa shape index (κ1) is 21.1. The van der Waals surface area contributed by atoms with Crippen LogP contribution in [0.3, 0.4) is 0 Å². The Bertz CT molecular complexity index is 718. The van der Waals surface area contributed by atoms with E-state index in [4.69, 9.17) is 0 Å². The highest BCUT2D eigenvalue weighted by molar-refractivity contribution is 7.89. The van der Waals surface area contributed by atoms with E-state index in [1.54, 1.807) is 35.2 Å². The van der Waals surface area contributed by atoms with E-state index in [-0.39, 0.29) is 10.8 Å². The van der Waals surface area contributed by atoms with Crippen LogP contribution in [0, 0.1) is 0 Å². The number of amides is 1. The molecular weight excluding hydrogens is 336 g/mol. The van der Waals surface area contributed by atoms with Crippen molar-refractivity contribution >= 4 is 22.0 Å². The van der Waals surface area contributed by atoms with Crippen LogP contribution in [-0.2, 0) is 14.8 Å². The minimum absolute atomic E-state index is 0.0923. The number of hydrogen-bond acceptors (Lipinski definition) is 3. The first-order chi connectivity index (χ1) is 11.8. The minimum Gasteiger partial charge on any atom is -0.335 e. The van der Waals surface area contributed by atoms with Crippen molar-refractivity contribution in [2.45, 2.75) is 32.6 Å². The topological polar surface area (TPSA) is 57.7 Å². The van der Waals surface area contributed by atoms with Crippen molar-refractivity contribution in [2.75, 3.05) is 26.2 Å². The van der Waals surface area contributed by atoms with Gasteiger partial charge in [0.05, 0.1) is 4.90 Å². The van der Waals surface area contributed by atoms with E-state index < -0.39 is 10.0 Å². The molecule has 138 valence electrons. The van der Waals surface area contributed by atoms with Gasteiger partial charge in [0.2, 0.25) is 15.9 Å². The fraction of sp³-hybridized carbons (Fsp3) is 0.421. The Morgan fingerprint density at radius 1 is 1.08 bits per heavy atom. The third-order valence-electron chi connectivity index (χ3n) is 3.80. The van der Waals surface area contributed by atoms with Crippen molar-refractivity contribution in [3.63, 3.8) is 0 Å². The molecule has 0 spiro atoms. The highest BCUT2D eigenvalue weighted by Gasteiger charge is 2.20. The summed E-state index contributed by atoms with van der Waals surface area (Å²) in [7, 11) is -3.46. The fourth-order valence-electron chi connectivity index (χ4n) is 2.41. The summed E-state index contributed by atoms with van der Waals surface area (Å²) in [5, 5.41) is 0. The summed E-state index contributed by atoms with van der Waals surface area (Å²) in [6.45, 7) is 13.3. The predicted octanol–water partition coefficient (Wildman–Crippen LogP) is 3.15. The van der Waals surface area contributed by atoms with Gasteiger partial charge in [-0.05, 0) is 37.6 Å². The number of likely N-dealkylation sites (N-methyl/N-ethyl adjacent to an activating group) is 1. The molecule has 0 aliphatic carbocycles. The molecule has 0 saturated carbocycles. The molecule has 0 aliphatic rings. The third kappa shape index (κ3) is 5.83. The SMILES string of the molecule is C=C(C)CN(CC)C(=O)C=Cc1ccc(S(=O)(=O)N(CC)CC)cc1. The highest BCUT2D eigenvalue weighted by Crippen LogP contribution is 2.16. The van der Waals surface area contributed by atoms with E-state index in [2.05, 4.69) is 6.58 Å². The van der Waals surface area contributed by atoms with Gasteiger partial charge in [-0.25, -0.2) is 8.42 Å². The minimum atomic E-state index is -3.46. The molecule has 0 N–H and O–H groups in total. The number of carbonyl (C=O) groups excluding carboxylic acids is 1. The first-order valence-corrected chi connectivity index (χ1v) is 9.91. The van der Waals surface area contributed by atoms with E-state index in [0.717, 1.165) is 11.1 Å². The third-order valence-corrected chi connectivity index (χ3v) is 5.86. The van der Waals surface area contributed by atoms with E-state index in [1.807, 2.05) is 27.7 Å². The number of hydrogen-bond donors (Lipinski definition) is 0. The van der Waals surface area contributed by atoms with Crippen molar-refractivity contribution in [2.24, 2.45) is 0 Å². The van der Waals surface area contributed by atoms with Crippen LogP contribution in [0.1, 0.15) is 33.3 Å². The molecule has 5 nitrogen and oxygen atoms in total.